The summed E-state index contributed by atoms with van der Waals surface area (Å²) >= 11 is 0. The number of rotatable bonds is 2. The van der Waals surface area contributed by atoms with E-state index < -0.39 is 10.1 Å². The van der Waals surface area contributed by atoms with Gasteiger partial charge in [-0.15, -0.1) is 0 Å². The maximum atomic E-state index is 10.5. The first kappa shape index (κ1) is 15.1. The predicted octanol–water partition coefficient (Wildman–Crippen LogP) is 2.38. The van der Waals surface area contributed by atoms with Crippen molar-refractivity contribution in [2.75, 3.05) is 0 Å². The molecule has 0 heterocycles. The van der Waals surface area contributed by atoms with Gasteiger partial charge >= 0.3 is 0 Å². The van der Waals surface area contributed by atoms with E-state index >= 15 is 0 Å². The third-order valence-corrected chi connectivity index (χ3v) is 3.82. The lowest BCUT2D eigenvalue weighted by molar-refractivity contribution is 0.452. The Morgan fingerprint density at radius 2 is 1.67 bits per heavy atom. The van der Waals surface area contributed by atoms with Crippen LogP contribution in [0.25, 0.3) is 0 Å². The normalized spacial score (nSPS) is 15.8. The van der Waals surface area contributed by atoms with Crippen LogP contribution >= 0.6 is 0 Å². The van der Waals surface area contributed by atoms with Crippen molar-refractivity contribution < 1.29 is 13.0 Å². The van der Waals surface area contributed by atoms with E-state index in [0.717, 1.165) is 11.5 Å². The smallest absolute Gasteiger partial charge is 0.294 e. The summed E-state index contributed by atoms with van der Waals surface area (Å²) in [5.74, 6) is 0.826. The second-order valence-corrected chi connectivity index (χ2v) is 6.81. The van der Waals surface area contributed by atoms with Crippen LogP contribution in [0.1, 0.15) is 32.3 Å². The molecule has 0 aromatic heterocycles. The summed E-state index contributed by atoms with van der Waals surface area (Å²) in [7, 11) is -4.02. The predicted molar refractivity (Wildman–Crippen MR) is 72.0 cm³/mol. The number of hydrogen-bond acceptors (Lipinski definition) is 3. The van der Waals surface area contributed by atoms with Crippen molar-refractivity contribution in [3.05, 3.63) is 29.8 Å². The van der Waals surface area contributed by atoms with Gasteiger partial charge in [0, 0.05) is 5.54 Å². The summed E-state index contributed by atoms with van der Waals surface area (Å²) < 4.78 is 29.6. The highest BCUT2D eigenvalue weighted by atomic mass is 32.2. The van der Waals surface area contributed by atoms with Crippen LogP contribution in [-0.2, 0) is 10.1 Å². The molecule has 1 aromatic rings. The summed E-state index contributed by atoms with van der Waals surface area (Å²) in [6, 6.07) is 5.99. The average molecular weight is 271 g/mol. The van der Waals surface area contributed by atoms with E-state index in [1.807, 2.05) is 6.92 Å². The molecule has 102 valence electrons. The Balaban J connectivity index is 0.000000199. The van der Waals surface area contributed by atoms with E-state index in [1.54, 1.807) is 12.1 Å². The zero-order valence-electron chi connectivity index (χ0n) is 11.1. The lowest BCUT2D eigenvalue weighted by Crippen LogP contribution is -2.34. The number of hydrogen-bond donors (Lipinski definition) is 2. The summed E-state index contributed by atoms with van der Waals surface area (Å²) in [6.07, 6.45) is 2.70. The van der Waals surface area contributed by atoms with Crippen LogP contribution in [0.4, 0.5) is 0 Å². The molecule has 1 aromatic carbocycles. The topological polar surface area (TPSA) is 80.4 Å². The van der Waals surface area contributed by atoms with Gasteiger partial charge in [0.15, 0.2) is 0 Å². The van der Waals surface area contributed by atoms with Gasteiger partial charge in [-0.05, 0) is 51.7 Å². The molecule has 0 amide bonds. The van der Waals surface area contributed by atoms with Gasteiger partial charge in [-0.2, -0.15) is 8.42 Å². The summed E-state index contributed by atoms with van der Waals surface area (Å²) in [6.45, 7) is 6.04. The molecule has 1 aliphatic carbocycles. The van der Waals surface area contributed by atoms with Crippen LogP contribution in [0.2, 0.25) is 0 Å². The van der Waals surface area contributed by atoms with Crippen molar-refractivity contribution in [2.24, 2.45) is 11.7 Å². The SMILES string of the molecule is CC(C)(N)C1CC1.Cc1ccc(S(=O)(=O)O)cc1. The second-order valence-electron chi connectivity index (χ2n) is 5.38. The number of benzene rings is 1. The molecular formula is C13H21NO3S. The van der Waals surface area contributed by atoms with Crippen LogP contribution in [0.15, 0.2) is 29.2 Å². The van der Waals surface area contributed by atoms with Gasteiger partial charge in [-0.25, -0.2) is 0 Å². The molecule has 1 saturated carbocycles. The molecule has 1 aliphatic rings. The first-order valence-electron chi connectivity index (χ1n) is 5.94. The second kappa shape index (κ2) is 5.38. The van der Waals surface area contributed by atoms with Crippen LogP contribution < -0.4 is 5.73 Å². The number of aryl methyl sites for hydroxylation is 1. The molecule has 0 saturated heterocycles. The fourth-order valence-electron chi connectivity index (χ4n) is 1.54. The Bertz CT molecular complexity index is 482. The van der Waals surface area contributed by atoms with E-state index in [1.165, 1.54) is 25.0 Å². The Hall–Kier alpha value is -0.910. The Kier molecular flexibility index (Phi) is 4.53. The van der Waals surface area contributed by atoms with E-state index in [9.17, 15) is 8.42 Å². The standard InChI is InChI=1S/C7H8O3S.C6H13N/c1-6-2-4-7(5-3-6)11(8,9)10;1-6(2,7)5-3-4-5/h2-5H,1H3,(H,8,9,10);5H,3-4,7H2,1-2H3. The lowest BCUT2D eigenvalue weighted by Gasteiger charge is -2.15. The van der Waals surface area contributed by atoms with E-state index in [4.69, 9.17) is 10.3 Å². The largest absolute Gasteiger partial charge is 0.325 e. The van der Waals surface area contributed by atoms with Crippen molar-refractivity contribution in [3.8, 4) is 0 Å². The van der Waals surface area contributed by atoms with Crippen molar-refractivity contribution >= 4 is 10.1 Å². The van der Waals surface area contributed by atoms with E-state index in [0.29, 0.717) is 0 Å². The third-order valence-electron chi connectivity index (χ3n) is 2.95. The molecule has 3 N–H and O–H groups in total. The molecule has 5 heteroatoms. The van der Waals surface area contributed by atoms with Crippen molar-refractivity contribution in [1.82, 2.24) is 0 Å². The molecule has 0 radical (unpaired) electrons. The minimum atomic E-state index is -4.02. The molecule has 0 aliphatic heterocycles. The highest BCUT2D eigenvalue weighted by Gasteiger charge is 2.33. The molecule has 18 heavy (non-hydrogen) atoms. The van der Waals surface area contributed by atoms with Crippen LogP contribution in [0.3, 0.4) is 0 Å². The number of nitrogens with two attached hydrogens (primary N) is 1. The Morgan fingerprint density at radius 1 is 1.22 bits per heavy atom. The fourth-order valence-corrected chi connectivity index (χ4v) is 2.02. The summed E-state index contributed by atoms with van der Waals surface area (Å²) in [5, 5.41) is 0. The quantitative estimate of drug-likeness (QED) is 0.809. The minimum Gasteiger partial charge on any atom is -0.325 e. The monoisotopic (exact) mass is 271 g/mol. The average Bonchev–Trinajstić information content (AvgIpc) is 2.99. The van der Waals surface area contributed by atoms with Gasteiger partial charge < -0.3 is 5.73 Å². The molecule has 0 bridgehead atoms. The Morgan fingerprint density at radius 3 is 1.89 bits per heavy atom. The van der Waals surface area contributed by atoms with Gasteiger partial charge in [-0.3, -0.25) is 4.55 Å². The molecule has 2 rings (SSSR count). The summed E-state index contributed by atoms with van der Waals surface area (Å²) in [5.41, 5.74) is 6.81. The van der Waals surface area contributed by atoms with Crippen molar-refractivity contribution in [3.63, 3.8) is 0 Å². The third kappa shape index (κ3) is 5.16. The Labute approximate surface area is 109 Å². The molecule has 4 nitrogen and oxygen atoms in total. The van der Waals surface area contributed by atoms with E-state index in [2.05, 4.69) is 13.8 Å². The maximum absolute atomic E-state index is 10.5. The van der Waals surface area contributed by atoms with E-state index in [-0.39, 0.29) is 10.4 Å². The molecule has 0 spiro atoms. The highest BCUT2D eigenvalue weighted by Crippen LogP contribution is 2.37. The van der Waals surface area contributed by atoms with Gasteiger partial charge in [-0.1, -0.05) is 17.7 Å². The summed E-state index contributed by atoms with van der Waals surface area (Å²) in [4.78, 5) is -0.0666. The van der Waals surface area contributed by atoms with Gasteiger partial charge in [0.25, 0.3) is 10.1 Å². The zero-order valence-corrected chi connectivity index (χ0v) is 11.9. The van der Waals surface area contributed by atoms with Crippen LogP contribution in [0, 0.1) is 12.8 Å². The fraction of sp³-hybridized carbons (Fsp3) is 0.538. The molecule has 0 atom stereocenters. The molecule has 0 unspecified atom stereocenters. The van der Waals surface area contributed by atoms with Gasteiger partial charge in [0.1, 0.15) is 0 Å². The van der Waals surface area contributed by atoms with Gasteiger partial charge in [0.2, 0.25) is 0 Å². The lowest BCUT2D eigenvalue weighted by atomic mass is 10.0. The van der Waals surface area contributed by atoms with Crippen molar-refractivity contribution in [2.45, 2.75) is 44.0 Å². The van der Waals surface area contributed by atoms with Crippen LogP contribution in [-0.4, -0.2) is 18.5 Å². The molecular weight excluding hydrogens is 250 g/mol. The van der Waals surface area contributed by atoms with Crippen molar-refractivity contribution in [1.29, 1.82) is 0 Å². The first-order chi connectivity index (χ1) is 8.10. The van der Waals surface area contributed by atoms with Crippen LogP contribution in [0.5, 0.6) is 0 Å². The van der Waals surface area contributed by atoms with Gasteiger partial charge in [0.05, 0.1) is 4.90 Å². The first-order valence-corrected chi connectivity index (χ1v) is 7.38. The maximum Gasteiger partial charge on any atom is 0.294 e. The minimum absolute atomic E-state index is 0.0666. The highest BCUT2D eigenvalue weighted by molar-refractivity contribution is 7.85. The molecule has 1 fully saturated rings. The zero-order chi connectivity index (χ0) is 14.0.